The Morgan fingerprint density at radius 2 is 0.705 bits per heavy atom. The van der Waals surface area contributed by atoms with Crippen LogP contribution in [-0.4, -0.2) is 36.4 Å². The van der Waals surface area contributed by atoms with Gasteiger partial charge in [0.25, 0.3) is 0 Å². The fraction of sp³-hybridized carbons (Fsp3) is 0.821. The molecule has 1 unspecified atom stereocenters. The van der Waals surface area contributed by atoms with Crippen LogP contribution in [0.25, 0.3) is 0 Å². The van der Waals surface area contributed by atoms with Crippen molar-refractivity contribution in [3.05, 3.63) is 48.6 Å². The summed E-state index contributed by atoms with van der Waals surface area (Å²) in [5, 5.41) is 9.64. The molecule has 5 nitrogen and oxygen atoms in total. The van der Waals surface area contributed by atoms with Crippen molar-refractivity contribution in [1.82, 2.24) is 0 Å². The quantitative estimate of drug-likeness (QED) is 0.0375. The molecule has 356 valence electrons. The standard InChI is InChI=1S/C56H102O5/c1-3-5-7-9-11-13-15-17-19-21-23-25-27-28-29-31-33-35-37-39-41-43-45-47-49-51-56(59)61-54(52-57)53-60-55(58)50-48-46-44-42-40-38-36-34-32-30-26-24-22-20-18-16-14-12-10-8-6-4-2/h5,7,11,13,17,19,23,25,54,57H,3-4,6,8-10,12,14-16,18,20-22,24,26-53H2,1-2H3/b7-5-,13-11-,19-17-,25-23-. The van der Waals surface area contributed by atoms with Crippen molar-refractivity contribution in [3.8, 4) is 0 Å². The van der Waals surface area contributed by atoms with Crippen molar-refractivity contribution in [2.75, 3.05) is 13.2 Å². The van der Waals surface area contributed by atoms with Crippen molar-refractivity contribution < 1.29 is 24.2 Å². The third-order valence-corrected chi connectivity index (χ3v) is 11.9. The van der Waals surface area contributed by atoms with E-state index in [0.717, 1.165) is 64.2 Å². The lowest BCUT2D eigenvalue weighted by Crippen LogP contribution is -2.28. The Morgan fingerprint density at radius 3 is 1.07 bits per heavy atom. The summed E-state index contributed by atoms with van der Waals surface area (Å²) in [6, 6.07) is 0. The second-order valence-electron chi connectivity index (χ2n) is 17.9. The van der Waals surface area contributed by atoms with E-state index in [9.17, 15) is 14.7 Å². The van der Waals surface area contributed by atoms with Gasteiger partial charge in [-0.25, -0.2) is 0 Å². The van der Waals surface area contributed by atoms with Gasteiger partial charge in [0.05, 0.1) is 6.61 Å². The summed E-state index contributed by atoms with van der Waals surface area (Å²) in [6.07, 6.45) is 67.9. The van der Waals surface area contributed by atoms with Crippen LogP contribution in [0.4, 0.5) is 0 Å². The first-order valence-electron chi connectivity index (χ1n) is 26.7. The predicted octanol–water partition coefficient (Wildman–Crippen LogP) is 17.7. The molecular formula is C56H102O5. The lowest BCUT2D eigenvalue weighted by atomic mass is 10.0. The molecule has 0 bridgehead atoms. The molecule has 0 radical (unpaired) electrons. The largest absolute Gasteiger partial charge is 0.462 e. The molecule has 0 fully saturated rings. The van der Waals surface area contributed by atoms with E-state index < -0.39 is 6.10 Å². The summed E-state index contributed by atoms with van der Waals surface area (Å²) in [5.74, 6) is -0.579. The second-order valence-corrected chi connectivity index (χ2v) is 17.9. The Bertz CT molecular complexity index is 1010. The number of aliphatic hydroxyl groups is 1. The Balaban J connectivity index is 3.47. The molecule has 0 aromatic heterocycles. The molecule has 0 spiro atoms. The van der Waals surface area contributed by atoms with Crippen LogP contribution >= 0.6 is 0 Å². The van der Waals surface area contributed by atoms with Gasteiger partial charge in [-0.1, -0.05) is 262 Å². The highest BCUT2D eigenvalue weighted by atomic mass is 16.6. The summed E-state index contributed by atoms with van der Waals surface area (Å²) in [4.78, 5) is 24.5. The molecule has 0 aromatic rings. The molecule has 1 atom stereocenters. The number of carbonyl (C=O) groups is 2. The molecule has 0 saturated heterocycles. The Hall–Kier alpha value is -2.14. The monoisotopic (exact) mass is 855 g/mol. The summed E-state index contributed by atoms with van der Waals surface area (Å²) >= 11 is 0. The molecule has 0 aliphatic carbocycles. The minimum Gasteiger partial charge on any atom is -0.462 e. The molecule has 5 heteroatoms. The minimum absolute atomic E-state index is 0.0631. The van der Waals surface area contributed by atoms with Gasteiger partial charge in [-0.05, 0) is 51.4 Å². The van der Waals surface area contributed by atoms with Crippen molar-refractivity contribution in [2.24, 2.45) is 0 Å². The van der Waals surface area contributed by atoms with Gasteiger partial charge in [-0.15, -0.1) is 0 Å². The van der Waals surface area contributed by atoms with E-state index in [1.165, 1.54) is 186 Å². The fourth-order valence-corrected chi connectivity index (χ4v) is 7.90. The first kappa shape index (κ1) is 58.9. The summed E-state index contributed by atoms with van der Waals surface area (Å²) in [5.41, 5.74) is 0. The number of ether oxygens (including phenoxy) is 2. The third kappa shape index (κ3) is 50.4. The Labute approximate surface area is 379 Å². The maximum atomic E-state index is 12.3. The highest BCUT2D eigenvalue weighted by Gasteiger charge is 2.16. The molecule has 0 saturated carbocycles. The van der Waals surface area contributed by atoms with Crippen LogP contribution in [0.3, 0.4) is 0 Å². The van der Waals surface area contributed by atoms with E-state index in [4.69, 9.17) is 9.47 Å². The molecule has 1 N–H and O–H groups in total. The van der Waals surface area contributed by atoms with E-state index in [1.54, 1.807) is 0 Å². The van der Waals surface area contributed by atoms with Crippen LogP contribution in [-0.2, 0) is 19.1 Å². The maximum Gasteiger partial charge on any atom is 0.306 e. The van der Waals surface area contributed by atoms with Gasteiger partial charge < -0.3 is 14.6 Å². The number of unbranched alkanes of at least 4 members (excludes halogenated alkanes) is 33. The smallest absolute Gasteiger partial charge is 0.306 e. The topological polar surface area (TPSA) is 72.8 Å². The van der Waals surface area contributed by atoms with Crippen LogP contribution in [0.2, 0.25) is 0 Å². The lowest BCUT2D eigenvalue weighted by molar-refractivity contribution is -0.161. The molecule has 0 rings (SSSR count). The molecule has 61 heavy (non-hydrogen) atoms. The zero-order valence-electron chi connectivity index (χ0n) is 40.7. The third-order valence-electron chi connectivity index (χ3n) is 11.9. The van der Waals surface area contributed by atoms with Gasteiger partial charge in [0.15, 0.2) is 6.10 Å². The van der Waals surface area contributed by atoms with Crippen LogP contribution in [0.15, 0.2) is 48.6 Å². The van der Waals surface area contributed by atoms with Gasteiger partial charge in [0.2, 0.25) is 0 Å². The highest BCUT2D eigenvalue weighted by Crippen LogP contribution is 2.17. The van der Waals surface area contributed by atoms with Gasteiger partial charge in [0.1, 0.15) is 6.61 Å². The van der Waals surface area contributed by atoms with Crippen LogP contribution in [0.5, 0.6) is 0 Å². The molecule has 0 aromatic carbocycles. The van der Waals surface area contributed by atoms with E-state index in [1.807, 2.05) is 0 Å². The molecule has 0 aliphatic rings. The van der Waals surface area contributed by atoms with Crippen molar-refractivity contribution in [3.63, 3.8) is 0 Å². The average molecular weight is 855 g/mol. The van der Waals surface area contributed by atoms with Crippen LogP contribution < -0.4 is 0 Å². The predicted molar refractivity (Wildman–Crippen MR) is 265 cm³/mol. The summed E-state index contributed by atoms with van der Waals surface area (Å²) in [7, 11) is 0. The fourth-order valence-electron chi connectivity index (χ4n) is 7.90. The maximum absolute atomic E-state index is 12.3. The lowest BCUT2D eigenvalue weighted by Gasteiger charge is -2.15. The van der Waals surface area contributed by atoms with Gasteiger partial charge in [-0.2, -0.15) is 0 Å². The number of allylic oxidation sites excluding steroid dienone is 8. The normalized spacial score (nSPS) is 12.5. The van der Waals surface area contributed by atoms with E-state index in [0.29, 0.717) is 12.8 Å². The van der Waals surface area contributed by atoms with Gasteiger partial charge in [0, 0.05) is 12.8 Å². The zero-order valence-corrected chi connectivity index (χ0v) is 40.7. The molecule has 0 amide bonds. The SMILES string of the molecule is CC/C=C\C/C=C\C/C=C\C/C=C\CCCCCCCCCCCCCCC(=O)OC(CO)COC(=O)CCCCCCCCCCCCCCCCCCCCCCCC. The molecule has 0 aliphatic heterocycles. The molecular weight excluding hydrogens is 753 g/mol. The van der Waals surface area contributed by atoms with E-state index >= 15 is 0 Å². The first-order chi connectivity index (χ1) is 30.1. The number of aliphatic hydroxyl groups excluding tert-OH is 1. The van der Waals surface area contributed by atoms with Crippen LogP contribution in [0, 0.1) is 0 Å². The van der Waals surface area contributed by atoms with Crippen LogP contribution in [0.1, 0.15) is 277 Å². The molecule has 0 heterocycles. The van der Waals surface area contributed by atoms with E-state index in [2.05, 4.69) is 62.5 Å². The number of hydrogen-bond acceptors (Lipinski definition) is 5. The number of esters is 2. The first-order valence-corrected chi connectivity index (χ1v) is 26.7. The Kier molecular flexibility index (Phi) is 50.4. The van der Waals surface area contributed by atoms with E-state index in [-0.39, 0.29) is 25.2 Å². The van der Waals surface area contributed by atoms with Crippen molar-refractivity contribution in [1.29, 1.82) is 0 Å². The highest BCUT2D eigenvalue weighted by molar-refractivity contribution is 5.70. The average Bonchev–Trinajstić information content (AvgIpc) is 3.26. The minimum atomic E-state index is -0.772. The van der Waals surface area contributed by atoms with Gasteiger partial charge in [-0.3, -0.25) is 9.59 Å². The van der Waals surface area contributed by atoms with Crippen molar-refractivity contribution in [2.45, 2.75) is 283 Å². The van der Waals surface area contributed by atoms with Gasteiger partial charge >= 0.3 is 11.9 Å². The summed E-state index contributed by atoms with van der Waals surface area (Å²) < 4.78 is 10.7. The Morgan fingerprint density at radius 1 is 0.393 bits per heavy atom. The number of hydrogen-bond donors (Lipinski definition) is 1. The zero-order chi connectivity index (χ0) is 44.2. The van der Waals surface area contributed by atoms with Crippen molar-refractivity contribution >= 4 is 11.9 Å². The number of carbonyl (C=O) groups excluding carboxylic acids is 2. The number of rotatable bonds is 49. The second kappa shape index (κ2) is 52.2. The summed E-state index contributed by atoms with van der Waals surface area (Å²) in [6.45, 7) is 4.06.